The molecule has 1 N–H and O–H groups in total. The smallest absolute Gasteiger partial charge is 0.266 e. The van der Waals surface area contributed by atoms with Crippen LogP contribution in [0.15, 0.2) is 76.7 Å². The van der Waals surface area contributed by atoms with Crippen LogP contribution in [0.25, 0.3) is 16.6 Å². The Morgan fingerprint density at radius 1 is 1.00 bits per heavy atom. The summed E-state index contributed by atoms with van der Waals surface area (Å²) in [7, 11) is 3.10. The van der Waals surface area contributed by atoms with Crippen LogP contribution >= 0.6 is 11.8 Å². The van der Waals surface area contributed by atoms with Gasteiger partial charge in [0.05, 0.1) is 36.6 Å². The molecule has 0 radical (unpaired) electrons. The van der Waals surface area contributed by atoms with Gasteiger partial charge < -0.3 is 14.8 Å². The third-order valence-corrected chi connectivity index (χ3v) is 6.48. The van der Waals surface area contributed by atoms with Crippen molar-refractivity contribution in [3.63, 3.8) is 0 Å². The van der Waals surface area contributed by atoms with Gasteiger partial charge in [0.2, 0.25) is 5.91 Å². The average molecular weight is 490 g/mol. The van der Waals surface area contributed by atoms with E-state index in [-0.39, 0.29) is 23.1 Å². The number of nitrogens with zero attached hydrogens (tertiary/aromatic N) is 2. The number of benzene rings is 3. The van der Waals surface area contributed by atoms with Crippen molar-refractivity contribution in [2.24, 2.45) is 0 Å². The van der Waals surface area contributed by atoms with E-state index in [1.165, 1.54) is 11.8 Å². The molecule has 0 atom stereocenters. The minimum atomic E-state index is -0.228. The van der Waals surface area contributed by atoms with Crippen LogP contribution in [0.1, 0.15) is 25.3 Å². The zero-order valence-electron chi connectivity index (χ0n) is 20.1. The van der Waals surface area contributed by atoms with Crippen molar-refractivity contribution in [3.05, 3.63) is 82.6 Å². The first-order valence-corrected chi connectivity index (χ1v) is 12.2. The van der Waals surface area contributed by atoms with Crippen LogP contribution in [0.4, 0.5) is 5.69 Å². The summed E-state index contributed by atoms with van der Waals surface area (Å²) in [6, 6.07) is 20.2. The van der Waals surface area contributed by atoms with Crippen LogP contribution in [-0.2, 0) is 4.79 Å². The van der Waals surface area contributed by atoms with E-state index >= 15 is 0 Å². The summed E-state index contributed by atoms with van der Waals surface area (Å²) in [6.07, 6.45) is 0. The quantitative estimate of drug-likeness (QED) is 0.269. The first kappa shape index (κ1) is 24.3. The van der Waals surface area contributed by atoms with Gasteiger partial charge in [-0.15, -0.1) is 0 Å². The Bertz CT molecular complexity index is 1430. The predicted octanol–water partition coefficient (Wildman–Crippen LogP) is 5.26. The molecule has 0 aliphatic heterocycles. The van der Waals surface area contributed by atoms with E-state index in [2.05, 4.69) is 19.2 Å². The molecule has 0 aliphatic rings. The Morgan fingerprint density at radius 3 is 2.46 bits per heavy atom. The molecule has 4 aromatic rings. The summed E-state index contributed by atoms with van der Waals surface area (Å²) < 4.78 is 12.2. The Kier molecular flexibility index (Phi) is 7.41. The van der Waals surface area contributed by atoms with Gasteiger partial charge in [0, 0.05) is 11.8 Å². The van der Waals surface area contributed by atoms with E-state index in [1.54, 1.807) is 43.1 Å². The van der Waals surface area contributed by atoms with Gasteiger partial charge in [-0.3, -0.25) is 14.2 Å². The van der Waals surface area contributed by atoms with Crippen LogP contribution in [0.2, 0.25) is 0 Å². The SMILES string of the molecule is COc1ccc(NC(=O)CSc2nc3ccccc3c(=O)n2-c2ccccc2C(C)C)cc1OC. The lowest BCUT2D eigenvalue weighted by Gasteiger charge is -2.18. The fourth-order valence-corrected chi connectivity index (χ4v) is 4.65. The Morgan fingerprint density at radius 2 is 1.71 bits per heavy atom. The molecule has 0 saturated carbocycles. The molecule has 1 heterocycles. The molecule has 0 unspecified atom stereocenters. The van der Waals surface area contributed by atoms with Gasteiger partial charge in [-0.2, -0.15) is 0 Å². The van der Waals surface area contributed by atoms with Crippen LogP contribution in [-0.4, -0.2) is 35.4 Å². The van der Waals surface area contributed by atoms with E-state index in [0.29, 0.717) is 33.2 Å². The van der Waals surface area contributed by atoms with Gasteiger partial charge >= 0.3 is 0 Å². The van der Waals surface area contributed by atoms with Gasteiger partial charge in [-0.05, 0) is 41.8 Å². The molecule has 0 bridgehead atoms. The molecule has 3 aromatic carbocycles. The fraction of sp³-hybridized carbons (Fsp3) is 0.222. The second-order valence-corrected chi connectivity index (χ2v) is 9.11. The summed E-state index contributed by atoms with van der Waals surface area (Å²) in [5.41, 5.74) is 2.82. The van der Waals surface area contributed by atoms with Gasteiger partial charge in [-0.25, -0.2) is 4.98 Å². The van der Waals surface area contributed by atoms with Crippen LogP contribution in [0, 0.1) is 0 Å². The highest BCUT2D eigenvalue weighted by atomic mass is 32.2. The molecular weight excluding hydrogens is 462 g/mol. The van der Waals surface area contributed by atoms with Gasteiger partial charge in [0.1, 0.15) is 0 Å². The maximum atomic E-state index is 13.6. The summed E-state index contributed by atoms with van der Waals surface area (Å²) in [5, 5.41) is 3.86. The Hall–Kier alpha value is -3.78. The number of para-hydroxylation sites is 2. The summed E-state index contributed by atoms with van der Waals surface area (Å²) in [4.78, 5) is 31.1. The number of fused-ring (bicyclic) bond motifs is 1. The number of ether oxygens (including phenoxy) is 2. The number of hydrogen-bond donors (Lipinski definition) is 1. The second kappa shape index (κ2) is 10.7. The van der Waals surface area contributed by atoms with Gasteiger partial charge in [0.25, 0.3) is 5.56 Å². The number of thioether (sulfide) groups is 1. The number of aromatic nitrogens is 2. The van der Waals surface area contributed by atoms with E-state index in [4.69, 9.17) is 14.5 Å². The summed E-state index contributed by atoms with van der Waals surface area (Å²) in [6.45, 7) is 4.17. The molecule has 0 aliphatic carbocycles. The van der Waals surface area contributed by atoms with Crippen molar-refractivity contribution < 1.29 is 14.3 Å². The predicted molar refractivity (Wildman–Crippen MR) is 140 cm³/mol. The molecule has 1 amide bonds. The largest absolute Gasteiger partial charge is 0.493 e. The van der Waals surface area contributed by atoms with E-state index in [1.807, 2.05) is 42.5 Å². The van der Waals surface area contributed by atoms with Crippen molar-refractivity contribution in [1.29, 1.82) is 0 Å². The molecular formula is C27H27N3O4S. The van der Waals surface area contributed by atoms with Crippen LogP contribution < -0.4 is 20.3 Å². The first-order chi connectivity index (χ1) is 16.9. The molecule has 0 spiro atoms. The number of methoxy groups -OCH3 is 2. The van der Waals surface area contributed by atoms with Gasteiger partial charge in [0.15, 0.2) is 16.7 Å². The normalized spacial score (nSPS) is 11.0. The number of amides is 1. The third kappa shape index (κ3) is 5.17. The third-order valence-electron chi connectivity index (χ3n) is 5.54. The number of carbonyl (C=O) groups excluding carboxylic acids is 1. The molecule has 1 aromatic heterocycles. The zero-order chi connectivity index (χ0) is 24.9. The minimum absolute atomic E-state index is 0.0724. The Balaban J connectivity index is 1.67. The molecule has 0 saturated heterocycles. The van der Waals surface area contributed by atoms with E-state index in [0.717, 1.165) is 11.3 Å². The second-order valence-electron chi connectivity index (χ2n) is 8.17. The topological polar surface area (TPSA) is 82.5 Å². The number of anilines is 1. The van der Waals surface area contributed by atoms with Crippen molar-refractivity contribution in [1.82, 2.24) is 9.55 Å². The number of rotatable bonds is 8. The van der Waals surface area contributed by atoms with Crippen molar-refractivity contribution in [2.45, 2.75) is 24.9 Å². The lowest BCUT2D eigenvalue weighted by Crippen LogP contribution is -2.24. The molecule has 7 nitrogen and oxygen atoms in total. The summed E-state index contributed by atoms with van der Waals surface area (Å²) in [5.74, 6) is 1.15. The number of nitrogens with one attached hydrogen (secondary N) is 1. The lowest BCUT2D eigenvalue weighted by atomic mass is 10.0. The molecule has 8 heteroatoms. The van der Waals surface area contributed by atoms with Crippen LogP contribution in [0.3, 0.4) is 0 Å². The first-order valence-electron chi connectivity index (χ1n) is 11.2. The zero-order valence-corrected chi connectivity index (χ0v) is 20.9. The Labute approximate surface area is 208 Å². The standard InChI is InChI=1S/C27H27N3O4S/c1-17(2)19-9-6-8-12-22(19)30-26(32)20-10-5-7-11-21(20)29-27(30)35-16-25(31)28-18-13-14-23(33-3)24(15-18)34-4/h5-15,17H,16H2,1-4H3,(H,28,31). The maximum absolute atomic E-state index is 13.6. The average Bonchev–Trinajstić information content (AvgIpc) is 2.87. The van der Waals surface area contributed by atoms with Crippen molar-refractivity contribution in [3.8, 4) is 17.2 Å². The highest BCUT2D eigenvalue weighted by Crippen LogP contribution is 2.30. The molecule has 180 valence electrons. The van der Waals surface area contributed by atoms with E-state index in [9.17, 15) is 9.59 Å². The lowest BCUT2D eigenvalue weighted by molar-refractivity contribution is -0.113. The highest BCUT2D eigenvalue weighted by molar-refractivity contribution is 7.99. The summed E-state index contributed by atoms with van der Waals surface area (Å²) >= 11 is 1.22. The minimum Gasteiger partial charge on any atom is -0.493 e. The number of carbonyl (C=O) groups is 1. The maximum Gasteiger partial charge on any atom is 0.266 e. The number of hydrogen-bond acceptors (Lipinski definition) is 6. The fourth-order valence-electron chi connectivity index (χ4n) is 3.84. The van der Waals surface area contributed by atoms with E-state index < -0.39 is 0 Å². The van der Waals surface area contributed by atoms with Gasteiger partial charge in [-0.1, -0.05) is 55.9 Å². The monoisotopic (exact) mass is 489 g/mol. The highest BCUT2D eigenvalue weighted by Gasteiger charge is 2.18. The van der Waals surface area contributed by atoms with Crippen molar-refractivity contribution >= 4 is 34.3 Å². The molecule has 35 heavy (non-hydrogen) atoms. The van der Waals surface area contributed by atoms with Crippen molar-refractivity contribution in [2.75, 3.05) is 25.3 Å². The molecule has 0 fully saturated rings. The molecule has 4 rings (SSSR count). The van der Waals surface area contributed by atoms with Crippen LogP contribution in [0.5, 0.6) is 11.5 Å².